The number of amides is 1. The molecule has 0 aliphatic heterocycles. The third-order valence-electron chi connectivity index (χ3n) is 4.09. The van der Waals surface area contributed by atoms with Gasteiger partial charge in [-0.05, 0) is 43.9 Å². The summed E-state index contributed by atoms with van der Waals surface area (Å²) in [5.41, 5.74) is 3.43. The van der Waals surface area contributed by atoms with E-state index in [-0.39, 0.29) is 18.4 Å². The van der Waals surface area contributed by atoms with Crippen LogP contribution in [0, 0.1) is 6.92 Å². The van der Waals surface area contributed by atoms with Gasteiger partial charge in [0.1, 0.15) is 0 Å². The molecule has 0 aliphatic rings. The van der Waals surface area contributed by atoms with Crippen LogP contribution < -0.4 is 5.32 Å². The highest BCUT2D eigenvalue weighted by Gasteiger charge is 2.26. The number of carbonyl (C=O) groups is 1. The molecule has 1 atom stereocenters. The van der Waals surface area contributed by atoms with Crippen LogP contribution in [-0.4, -0.2) is 17.1 Å². The first-order valence-electron chi connectivity index (χ1n) is 8.59. The van der Waals surface area contributed by atoms with Crippen molar-refractivity contribution in [1.29, 1.82) is 0 Å². The Kier molecular flexibility index (Phi) is 6.77. The van der Waals surface area contributed by atoms with E-state index < -0.39 is 12.6 Å². The number of halogens is 3. The minimum atomic E-state index is -4.17. The van der Waals surface area contributed by atoms with Gasteiger partial charge in [0.05, 0.1) is 11.7 Å². The molecule has 1 aromatic carbocycles. The molecular formula is C20H23F3N2O. The van der Waals surface area contributed by atoms with Crippen LogP contribution in [0.5, 0.6) is 0 Å². The maximum absolute atomic E-state index is 12.2. The Bertz CT molecular complexity index is 727. The van der Waals surface area contributed by atoms with Crippen LogP contribution in [0.15, 0.2) is 42.6 Å². The van der Waals surface area contributed by atoms with Gasteiger partial charge >= 0.3 is 6.18 Å². The van der Waals surface area contributed by atoms with E-state index in [9.17, 15) is 18.0 Å². The zero-order valence-electron chi connectivity index (χ0n) is 14.9. The number of rotatable bonds is 7. The number of nitrogens with zero attached hydrogens (tertiary/aromatic N) is 1. The van der Waals surface area contributed by atoms with Gasteiger partial charge in [0.2, 0.25) is 5.91 Å². The normalized spacial score (nSPS) is 12.7. The van der Waals surface area contributed by atoms with Crippen LogP contribution >= 0.6 is 0 Å². The molecule has 1 heterocycles. The number of carbonyl (C=O) groups excluding carboxylic acids is 1. The van der Waals surface area contributed by atoms with E-state index in [1.54, 1.807) is 12.1 Å². The highest BCUT2D eigenvalue weighted by atomic mass is 19.4. The first-order valence-corrected chi connectivity index (χ1v) is 8.59. The molecule has 6 heteroatoms. The number of pyridine rings is 1. The Balaban J connectivity index is 1.82. The van der Waals surface area contributed by atoms with Gasteiger partial charge < -0.3 is 5.32 Å². The molecular weight excluding hydrogens is 341 g/mol. The summed E-state index contributed by atoms with van der Waals surface area (Å²) in [6.45, 7) is 3.82. The highest BCUT2D eigenvalue weighted by molar-refractivity contribution is 5.76. The Hall–Kier alpha value is -2.37. The molecule has 1 amide bonds. The summed E-state index contributed by atoms with van der Waals surface area (Å²) in [6.07, 6.45) is -2.65. The van der Waals surface area contributed by atoms with Gasteiger partial charge in [-0.2, -0.15) is 13.2 Å². The van der Waals surface area contributed by atoms with Crippen LogP contribution in [0.4, 0.5) is 13.2 Å². The molecule has 140 valence electrons. The van der Waals surface area contributed by atoms with Gasteiger partial charge in [-0.3, -0.25) is 9.78 Å². The van der Waals surface area contributed by atoms with Crippen molar-refractivity contribution in [2.75, 3.05) is 0 Å². The van der Waals surface area contributed by atoms with Crippen molar-refractivity contribution in [1.82, 2.24) is 10.3 Å². The van der Waals surface area contributed by atoms with E-state index in [2.05, 4.69) is 16.4 Å². The molecule has 0 aliphatic carbocycles. The first-order chi connectivity index (χ1) is 12.2. The molecule has 0 saturated heterocycles. The minimum absolute atomic E-state index is 0.0815. The zero-order valence-corrected chi connectivity index (χ0v) is 14.9. The van der Waals surface area contributed by atoms with E-state index in [1.165, 1.54) is 6.20 Å². The Morgan fingerprint density at radius 2 is 1.92 bits per heavy atom. The van der Waals surface area contributed by atoms with E-state index in [4.69, 9.17) is 0 Å². The van der Waals surface area contributed by atoms with Crippen molar-refractivity contribution in [3.05, 3.63) is 65.0 Å². The molecule has 2 rings (SSSR count). The summed E-state index contributed by atoms with van der Waals surface area (Å²) in [6, 6.07) is 11.0. The minimum Gasteiger partial charge on any atom is -0.348 e. The zero-order chi connectivity index (χ0) is 19.2. The maximum Gasteiger partial charge on any atom is 0.389 e. The van der Waals surface area contributed by atoms with Crippen LogP contribution in [0.25, 0.3) is 0 Å². The number of hydrogen-bond acceptors (Lipinski definition) is 2. The molecule has 2 aromatic rings. The number of nitrogens with one attached hydrogen (secondary N) is 1. The Morgan fingerprint density at radius 3 is 2.54 bits per heavy atom. The fourth-order valence-corrected chi connectivity index (χ4v) is 2.64. The second-order valence-electron chi connectivity index (χ2n) is 6.48. The van der Waals surface area contributed by atoms with Crippen molar-refractivity contribution < 1.29 is 18.0 Å². The molecule has 0 saturated carbocycles. The van der Waals surface area contributed by atoms with Crippen molar-refractivity contribution in [3.8, 4) is 0 Å². The van der Waals surface area contributed by atoms with Gasteiger partial charge in [0.15, 0.2) is 0 Å². The quantitative estimate of drug-likeness (QED) is 0.774. The average molecular weight is 364 g/mol. The Labute approximate surface area is 151 Å². The largest absolute Gasteiger partial charge is 0.389 e. The second-order valence-corrected chi connectivity index (χ2v) is 6.48. The lowest BCUT2D eigenvalue weighted by Gasteiger charge is -2.14. The monoisotopic (exact) mass is 364 g/mol. The predicted octanol–water partition coefficient (Wildman–Crippen LogP) is 4.69. The van der Waals surface area contributed by atoms with Gasteiger partial charge in [-0.25, -0.2) is 0 Å². The molecule has 0 bridgehead atoms. The molecule has 26 heavy (non-hydrogen) atoms. The third-order valence-corrected chi connectivity index (χ3v) is 4.09. The van der Waals surface area contributed by atoms with E-state index in [0.29, 0.717) is 24.1 Å². The maximum atomic E-state index is 12.2. The van der Waals surface area contributed by atoms with E-state index >= 15 is 0 Å². The molecule has 3 nitrogen and oxygen atoms in total. The number of benzene rings is 1. The lowest BCUT2D eigenvalue weighted by molar-refractivity contribution is -0.134. The van der Waals surface area contributed by atoms with Gasteiger partial charge in [-0.15, -0.1) is 0 Å². The number of aromatic nitrogens is 1. The summed E-state index contributed by atoms with van der Waals surface area (Å²) >= 11 is 0. The number of aryl methyl sites for hydroxylation is 3. The van der Waals surface area contributed by atoms with Crippen molar-refractivity contribution in [2.24, 2.45) is 0 Å². The molecule has 1 N–H and O–H groups in total. The smallest absolute Gasteiger partial charge is 0.348 e. The van der Waals surface area contributed by atoms with Crippen molar-refractivity contribution in [2.45, 2.75) is 51.7 Å². The lowest BCUT2D eigenvalue weighted by Crippen LogP contribution is -2.27. The molecule has 1 unspecified atom stereocenters. The summed E-state index contributed by atoms with van der Waals surface area (Å²) in [5.74, 6) is -0.0815. The summed E-state index contributed by atoms with van der Waals surface area (Å²) in [4.78, 5) is 16.3. The molecule has 1 aromatic heterocycles. The van der Waals surface area contributed by atoms with Crippen LogP contribution in [0.3, 0.4) is 0 Å². The standard InChI is InChI=1S/C20H23F3N2O/c1-14-4-3-5-16(12-14)7-9-19(26)25-15(2)18-8-6-17(13-24-18)10-11-20(21,22)23/h3-6,8,12-13,15H,7,9-11H2,1-2H3,(H,25,26). The van der Waals surface area contributed by atoms with Crippen LogP contribution in [-0.2, 0) is 17.6 Å². The van der Waals surface area contributed by atoms with Crippen LogP contribution in [0.2, 0.25) is 0 Å². The topological polar surface area (TPSA) is 42.0 Å². The van der Waals surface area contributed by atoms with Crippen molar-refractivity contribution >= 4 is 5.91 Å². The molecule has 0 spiro atoms. The molecule has 0 fully saturated rings. The Morgan fingerprint density at radius 1 is 1.15 bits per heavy atom. The fraction of sp³-hybridized carbons (Fsp3) is 0.400. The highest BCUT2D eigenvalue weighted by Crippen LogP contribution is 2.22. The number of hydrogen-bond donors (Lipinski definition) is 1. The lowest BCUT2D eigenvalue weighted by atomic mass is 10.1. The van der Waals surface area contributed by atoms with Crippen LogP contribution in [0.1, 0.15) is 48.2 Å². The number of alkyl halides is 3. The van der Waals surface area contributed by atoms with E-state index in [1.807, 2.05) is 32.0 Å². The van der Waals surface area contributed by atoms with Gasteiger partial charge in [0.25, 0.3) is 0 Å². The summed E-state index contributed by atoms with van der Waals surface area (Å²) < 4.78 is 36.7. The van der Waals surface area contributed by atoms with Crippen molar-refractivity contribution in [3.63, 3.8) is 0 Å². The SMILES string of the molecule is Cc1cccc(CCC(=O)NC(C)c2ccc(CCC(F)(F)F)cn2)c1. The van der Waals surface area contributed by atoms with Gasteiger partial charge in [-0.1, -0.05) is 35.9 Å². The second kappa shape index (κ2) is 8.83. The average Bonchev–Trinajstić information content (AvgIpc) is 2.58. The first kappa shape index (κ1) is 19.9. The van der Waals surface area contributed by atoms with Gasteiger partial charge in [0, 0.05) is 19.0 Å². The summed E-state index contributed by atoms with van der Waals surface area (Å²) in [5, 5.41) is 2.88. The third kappa shape index (κ3) is 6.86. The van der Waals surface area contributed by atoms with E-state index in [0.717, 1.165) is 11.1 Å². The molecule has 0 radical (unpaired) electrons. The summed E-state index contributed by atoms with van der Waals surface area (Å²) in [7, 11) is 0. The fourth-order valence-electron chi connectivity index (χ4n) is 2.64. The predicted molar refractivity (Wildman–Crippen MR) is 94.7 cm³/mol.